The molecule has 2 saturated carbocycles. The summed E-state index contributed by atoms with van der Waals surface area (Å²) in [6, 6.07) is 0. The van der Waals surface area contributed by atoms with E-state index in [-0.39, 0.29) is 6.10 Å². The molecule has 0 aromatic carbocycles. The van der Waals surface area contributed by atoms with Crippen molar-refractivity contribution in [2.45, 2.75) is 57.8 Å². The second kappa shape index (κ2) is 4.88. The first-order chi connectivity index (χ1) is 8.35. The van der Waals surface area contributed by atoms with Crippen LogP contribution in [0.4, 0.5) is 0 Å². The van der Waals surface area contributed by atoms with Gasteiger partial charge in [-0.3, -0.25) is 9.59 Å². The second-order valence-electron chi connectivity index (χ2n) is 5.78. The van der Waals surface area contributed by atoms with Gasteiger partial charge in [0, 0.05) is 13.8 Å². The van der Waals surface area contributed by atoms with Gasteiger partial charge in [0.2, 0.25) is 5.79 Å². The van der Waals surface area contributed by atoms with Crippen molar-refractivity contribution in [2.75, 3.05) is 0 Å². The summed E-state index contributed by atoms with van der Waals surface area (Å²) in [5, 5.41) is 8.51. The molecular formula is C13H20O5. The van der Waals surface area contributed by atoms with E-state index in [4.69, 9.17) is 14.6 Å². The Kier molecular flexibility index (Phi) is 3.61. The lowest BCUT2D eigenvalue weighted by atomic mass is 9.97. The summed E-state index contributed by atoms with van der Waals surface area (Å²) in [7, 11) is 0. The van der Waals surface area contributed by atoms with Gasteiger partial charge >= 0.3 is 11.9 Å². The first-order valence-corrected chi connectivity index (χ1v) is 6.47. The van der Waals surface area contributed by atoms with Crippen LogP contribution in [0.3, 0.4) is 0 Å². The number of aliphatic carboxylic acids is 1. The number of rotatable bonds is 5. The van der Waals surface area contributed by atoms with Crippen LogP contribution < -0.4 is 0 Å². The van der Waals surface area contributed by atoms with E-state index in [0.717, 1.165) is 12.3 Å². The highest BCUT2D eigenvalue weighted by Crippen LogP contribution is 2.47. The number of fused-ring (bicyclic) bond motifs is 2. The molecule has 2 aliphatic carbocycles. The summed E-state index contributed by atoms with van der Waals surface area (Å²) >= 11 is 0. The predicted octanol–water partition coefficient (Wildman–Crippen LogP) is 1.95. The highest BCUT2D eigenvalue weighted by Gasteiger charge is 2.43. The van der Waals surface area contributed by atoms with Gasteiger partial charge in [0.05, 0.1) is 6.10 Å². The molecular weight excluding hydrogens is 236 g/mol. The van der Waals surface area contributed by atoms with Crippen molar-refractivity contribution in [1.29, 1.82) is 0 Å². The van der Waals surface area contributed by atoms with Crippen LogP contribution in [0.2, 0.25) is 0 Å². The van der Waals surface area contributed by atoms with Gasteiger partial charge in [-0.25, -0.2) is 0 Å². The third-order valence-corrected chi connectivity index (χ3v) is 3.76. The van der Waals surface area contributed by atoms with E-state index in [1.807, 2.05) is 0 Å². The fourth-order valence-electron chi connectivity index (χ4n) is 3.15. The van der Waals surface area contributed by atoms with Crippen molar-refractivity contribution in [3.05, 3.63) is 0 Å². The average Bonchev–Trinajstić information content (AvgIpc) is 2.74. The monoisotopic (exact) mass is 256 g/mol. The summed E-state index contributed by atoms with van der Waals surface area (Å²) in [5.74, 6) is -1.65. The molecule has 3 unspecified atom stereocenters. The van der Waals surface area contributed by atoms with Crippen molar-refractivity contribution < 1.29 is 24.2 Å². The number of carbonyl (C=O) groups excluding carboxylic acids is 1. The normalized spacial score (nSPS) is 30.4. The van der Waals surface area contributed by atoms with Crippen molar-refractivity contribution >= 4 is 11.9 Å². The first kappa shape index (κ1) is 13.3. The molecule has 2 bridgehead atoms. The SMILES string of the molecule is CC(C)(OC(=O)CC(=O)O)OC1CC2CCC1C2. The Morgan fingerprint density at radius 1 is 1.28 bits per heavy atom. The number of esters is 1. The third-order valence-electron chi connectivity index (χ3n) is 3.76. The predicted molar refractivity (Wildman–Crippen MR) is 62.7 cm³/mol. The molecule has 2 fully saturated rings. The zero-order valence-corrected chi connectivity index (χ0v) is 10.8. The van der Waals surface area contributed by atoms with Crippen LogP contribution in [0.15, 0.2) is 0 Å². The van der Waals surface area contributed by atoms with Crippen LogP contribution in [0, 0.1) is 11.8 Å². The van der Waals surface area contributed by atoms with Gasteiger partial charge in [0.15, 0.2) is 0 Å². The Bertz CT molecular complexity index is 349. The van der Waals surface area contributed by atoms with E-state index < -0.39 is 24.1 Å². The molecule has 0 aromatic rings. The van der Waals surface area contributed by atoms with E-state index in [1.165, 1.54) is 19.3 Å². The van der Waals surface area contributed by atoms with Crippen molar-refractivity contribution in [2.24, 2.45) is 11.8 Å². The van der Waals surface area contributed by atoms with Crippen LogP contribution in [0.1, 0.15) is 46.0 Å². The lowest BCUT2D eigenvalue weighted by molar-refractivity contribution is -0.238. The zero-order valence-electron chi connectivity index (χ0n) is 10.8. The lowest BCUT2D eigenvalue weighted by Crippen LogP contribution is -2.38. The molecule has 0 aliphatic heterocycles. The highest BCUT2D eigenvalue weighted by molar-refractivity contribution is 5.90. The minimum Gasteiger partial charge on any atom is -0.481 e. The van der Waals surface area contributed by atoms with Gasteiger partial charge in [-0.2, -0.15) is 0 Å². The maximum atomic E-state index is 11.3. The van der Waals surface area contributed by atoms with Gasteiger partial charge in [-0.1, -0.05) is 0 Å². The summed E-state index contributed by atoms with van der Waals surface area (Å²) in [4.78, 5) is 21.7. The minimum absolute atomic E-state index is 0.149. The molecule has 1 N–H and O–H groups in total. The van der Waals surface area contributed by atoms with Crippen molar-refractivity contribution in [1.82, 2.24) is 0 Å². The van der Waals surface area contributed by atoms with Gasteiger partial charge in [0.25, 0.3) is 0 Å². The van der Waals surface area contributed by atoms with Crippen LogP contribution in [0.5, 0.6) is 0 Å². The maximum absolute atomic E-state index is 11.3. The molecule has 0 amide bonds. The molecule has 0 saturated heterocycles. The zero-order chi connectivity index (χ0) is 13.3. The lowest BCUT2D eigenvalue weighted by Gasteiger charge is -2.32. The van der Waals surface area contributed by atoms with E-state index in [9.17, 15) is 9.59 Å². The minimum atomic E-state index is -1.18. The molecule has 0 heterocycles. The molecule has 2 aliphatic rings. The van der Waals surface area contributed by atoms with E-state index in [1.54, 1.807) is 13.8 Å². The summed E-state index contributed by atoms with van der Waals surface area (Å²) in [5.41, 5.74) is 0. The second-order valence-corrected chi connectivity index (χ2v) is 5.78. The average molecular weight is 256 g/mol. The standard InChI is InChI=1S/C13H20O5/c1-13(2,18-12(16)7-11(14)15)17-10-6-8-3-4-9(10)5-8/h8-10H,3-7H2,1-2H3,(H,14,15). The van der Waals surface area contributed by atoms with Crippen molar-refractivity contribution in [3.63, 3.8) is 0 Å². The topological polar surface area (TPSA) is 72.8 Å². The number of hydrogen-bond donors (Lipinski definition) is 1. The molecule has 5 heteroatoms. The van der Waals surface area contributed by atoms with E-state index >= 15 is 0 Å². The van der Waals surface area contributed by atoms with Gasteiger partial charge in [-0.05, 0) is 37.5 Å². The van der Waals surface area contributed by atoms with Crippen LogP contribution in [0.25, 0.3) is 0 Å². The largest absolute Gasteiger partial charge is 0.481 e. The summed E-state index contributed by atoms with van der Waals surface area (Å²) < 4.78 is 10.9. The highest BCUT2D eigenvalue weighted by atomic mass is 16.7. The number of carboxylic acid groups (broad SMARTS) is 1. The van der Waals surface area contributed by atoms with Crippen LogP contribution >= 0.6 is 0 Å². The van der Waals surface area contributed by atoms with Crippen LogP contribution in [-0.4, -0.2) is 28.9 Å². The van der Waals surface area contributed by atoms with Gasteiger partial charge in [0.1, 0.15) is 6.42 Å². The molecule has 0 radical (unpaired) electrons. The first-order valence-electron chi connectivity index (χ1n) is 6.47. The van der Waals surface area contributed by atoms with E-state index in [0.29, 0.717) is 5.92 Å². The molecule has 18 heavy (non-hydrogen) atoms. The number of hydrogen-bond acceptors (Lipinski definition) is 4. The summed E-state index contributed by atoms with van der Waals surface area (Å²) in [6.07, 6.45) is 4.24. The smallest absolute Gasteiger partial charge is 0.319 e. The number of carbonyl (C=O) groups is 2. The molecule has 0 aromatic heterocycles. The van der Waals surface area contributed by atoms with Gasteiger partial charge in [-0.15, -0.1) is 0 Å². The molecule has 102 valence electrons. The maximum Gasteiger partial charge on any atom is 0.319 e. The quantitative estimate of drug-likeness (QED) is 0.462. The molecule has 5 nitrogen and oxygen atoms in total. The number of ether oxygens (including phenoxy) is 2. The summed E-state index contributed by atoms with van der Waals surface area (Å²) in [6.45, 7) is 3.33. The number of carboxylic acids is 1. The van der Waals surface area contributed by atoms with E-state index in [2.05, 4.69) is 0 Å². The molecule has 0 spiro atoms. The van der Waals surface area contributed by atoms with Crippen LogP contribution in [-0.2, 0) is 19.1 Å². The fourth-order valence-corrected chi connectivity index (χ4v) is 3.15. The molecule has 3 atom stereocenters. The van der Waals surface area contributed by atoms with Crippen molar-refractivity contribution in [3.8, 4) is 0 Å². The fraction of sp³-hybridized carbons (Fsp3) is 0.846. The molecule has 2 rings (SSSR count). The Labute approximate surface area is 106 Å². The Morgan fingerprint density at radius 2 is 2.00 bits per heavy atom. The van der Waals surface area contributed by atoms with Gasteiger partial charge < -0.3 is 14.6 Å². The third kappa shape index (κ3) is 3.22. The Morgan fingerprint density at radius 3 is 2.50 bits per heavy atom. The Balaban J connectivity index is 1.83. The Hall–Kier alpha value is -1.10.